The smallest absolute Gasteiger partial charge is 0.404 e. The van der Waals surface area contributed by atoms with Gasteiger partial charge in [0.15, 0.2) is 0 Å². The van der Waals surface area contributed by atoms with E-state index in [0.29, 0.717) is 6.54 Å². The van der Waals surface area contributed by atoms with E-state index in [4.69, 9.17) is 5.11 Å². The van der Waals surface area contributed by atoms with E-state index >= 15 is 0 Å². The van der Waals surface area contributed by atoms with Gasteiger partial charge in [0.25, 0.3) is 0 Å². The van der Waals surface area contributed by atoms with Crippen LogP contribution in [0.25, 0.3) is 0 Å². The van der Waals surface area contributed by atoms with E-state index in [9.17, 15) is 18.0 Å². The van der Waals surface area contributed by atoms with Crippen LogP contribution in [0.15, 0.2) is 0 Å². The van der Waals surface area contributed by atoms with Gasteiger partial charge >= 0.3 is 12.1 Å². The standard InChI is InChI=1S/C12H20F3NO2/c1-7-4-8(2)9(3)16(6-7)10(5-11(17)18)12(13,14)15/h7-10H,4-6H2,1-3H3,(H,17,18). The number of piperidine rings is 1. The van der Waals surface area contributed by atoms with Crippen molar-refractivity contribution >= 4 is 5.97 Å². The first-order chi connectivity index (χ1) is 8.12. The van der Waals surface area contributed by atoms with E-state index in [1.165, 1.54) is 4.90 Å². The number of likely N-dealkylation sites (tertiary alicyclic amines) is 1. The monoisotopic (exact) mass is 267 g/mol. The molecule has 1 fully saturated rings. The molecule has 4 atom stereocenters. The summed E-state index contributed by atoms with van der Waals surface area (Å²) in [5, 5.41) is 8.67. The molecule has 0 radical (unpaired) electrons. The molecule has 1 rings (SSSR count). The van der Waals surface area contributed by atoms with Crippen molar-refractivity contribution in [3.8, 4) is 0 Å². The maximum atomic E-state index is 13.0. The van der Waals surface area contributed by atoms with Gasteiger partial charge in [0.1, 0.15) is 6.04 Å². The molecule has 1 N–H and O–H groups in total. The topological polar surface area (TPSA) is 40.5 Å². The maximum absolute atomic E-state index is 13.0. The number of carboxylic acid groups (broad SMARTS) is 1. The van der Waals surface area contributed by atoms with Gasteiger partial charge < -0.3 is 5.11 Å². The Kier molecular flexibility index (Phi) is 4.64. The van der Waals surface area contributed by atoms with E-state index in [0.717, 1.165) is 6.42 Å². The van der Waals surface area contributed by atoms with Crippen molar-refractivity contribution in [2.24, 2.45) is 11.8 Å². The molecule has 0 aromatic rings. The Balaban J connectivity index is 2.92. The van der Waals surface area contributed by atoms with Crippen molar-refractivity contribution in [1.29, 1.82) is 0 Å². The Hall–Kier alpha value is -0.780. The third-order valence-electron chi connectivity index (χ3n) is 3.79. The molecule has 0 bridgehead atoms. The molecule has 18 heavy (non-hydrogen) atoms. The van der Waals surface area contributed by atoms with Gasteiger partial charge in [0.2, 0.25) is 0 Å². The number of alkyl halides is 3. The first-order valence-electron chi connectivity index (χ1n) is 6.17. The summed E-state index contributed by atoms with van der Waals surface area (Å²) in [6.07, 6.45) is -4.49. The molecule has 1 heterocycles. The Morgan fingerprint density at radius 1 is 1.39 bits per heavy atom. The highest BCUT2D eigenvalue weighted by Crippen LogP contribution is 2.35. The van der Waals surface area contributed by atoms with Crippen molar-refractivity contribution in [2.45, 2.75) is 51.9 Å². The lowest BCUT2D eigenvalue weighted by molar-refractivity contribution is -0.202. The second-order valence-corrected chi connectivity index (χ2v) is 5.41. The summed E-state index contributed by atoms with van der Waals surface area (Å²) in [6.45, 7) is 5.88. The molecular weight excluding hydrogens is 247 g/mol. The van der Waals surface area contributed by atoms with Crippen LogP contribution < -0.4 is 0 Å². The van der Waals surface area contributed by atoms with Gasteiger partial charge in [-0.1, -0.05) is 13.8 Å². The van der Waals surface area contributed by atoms with Crippen LogP contribution in [0, 0.1) is 11.8 Å². The molecular formula is C12H20F3NO2. The molecule has 3 nitrogen and oxygen atoms in total. The number of carboxylic acids is 1. The zero-order chi connectivity index (χ0) is 14.1. The van der Waals surface area contributed by atoms with Gasteiger partial charge in [-0.25, -0.2) is 0 Å². The SMILES string of the molecule is CC1CC(C)C(C)N(C(CC(=O)O)C(F)(F)F)C1. The largest absolute Gasteiger partial charge is 0.481 e. The first kappa shape index (κ1) is 15.3. The summed E-state index contributed by atoms with van der Waals surface area (Å²) in [6, 6.07) is -2.12. The molecule has 0 spiro atoms. The number of hydrogen-bond donors (Lipinski definition) is 1. The highest BCUT2D eigenvalue weighted by molar-refractivity contribution is 5.67. The van der Waals surface area contributed by atoms with Crippen molar-refractivity contribution < 1.29 is 23.1 Å². The first-order valence-corrected chi connectivity index (χ1v) is 6.17. The fraction of sp³-hybridized carbons (Fsp3) is 0.917. The number of hydrogen-bond acceptors (Lipinski definition) is 2. The second kappa shape index (κ2) is 5.47. The van der Waals surface area contributed by atoms with E-state index in [1.54, 1.807) is 6.92 Å². The summed E-state index contributed by atoms with van der Waals surface area (Å²) < 4.78 is 39.0. The van der Waals surface area contributed by atoms with Crippen LogP contribution in [0.4, 0.5) is 13.2 Å². The van der Waals surface area contributed by atoms with E-state index in [1.807, 2.05) is 13.8 Å². The van der Waals surface area contributed by atoms with E-state index < -0.39 is 24.6 Å². The second-order valence-electron chi connectivity index (χ2n) is 5.41. The molecule has 106 valence electrons. The summed E-state index contributed by atoms with van der Waals surface area (Å²) in [5.74, 6) is -1.10. The summed E-state index contributed by atoms with van der Waals surface area (Å²) >= 11 is 0. The lowest BCUT2D eigenvalue weighted by Crippen LogP contribution is -2.56. The third kappa shape index (κ3) is 3.60. The Labute approximate surface area is 105 Å². The van der Waals surface area contributed by atoms with Crippen LogP contribution in [0.2, 0.25) is 0 Å². The van der Waals surface area contributed by atoms with Crippen molar-refractivity contribution in [2.75, 3.05) is 6.54 Å². The Morgan fingerprint density at radius 2 is 1.94 bits per heavy atom. The quantitative estimate of drug-likeness (QED) is 0.854. The summed E-state index contributed by atoms with van der Waals surface area (Å²) in [5.41, 5.74) is 0. The van der Waals surface area contributed by atoms with Crippen molar-refractivity contribution in [1.82, 2.24) is 4.90 Å². The molecule has 0 saturated carbocycles. The van der Waals surface area contributed by atoms with Crippen molar-refractivity contribution in [3.63, 3.8) is 0 Å². The fourth-order valence-electron chi connectivity index (χ4n) is 2.76. The van der Waals surface area contributed by atoms with Gasteiger partial charge in [-0.15, -0.1) is 0 Å². The zero-order valence-electron chi connectivity index (χ0n) is 10.9. The predicted molar refractivity (Wildman–Crippen MR) is 61.2 cm³/mol. The van der Waals surface area contributed by atoms with Crippen molar-refractivity contribution in [3.05, 3.63) is 0 Å². The van der Waals surface area contributed by atoms with E-state index in [-0.39, 0.29) is 17.9 Å². The fourth-order valence-corrected chi connectivity index (χ4v) is 2.76. The molecule has 1 aliphatic heterocycles. The molecule has 6 heteroatoms. The maximum Gasteiger partial charge on any atom is 0.404 e. The minimum absolute atomic E-state index is 0.146. The molecule has 1 aliphatic rings. The number of carbonyl (C=O) groups is 1. The van der Waals surface area contributed by atoms with Gasteiger partial charge in [0, 0.05) is 12.6 Å². The van der Waals surface area contributed by atoms with Gasteiger partial charge in [0.05, 0.1) is 6.42 Å². The average Bonchev–Trinajstić information content (AvgIpc) is 2.18. The van der Waals surface area contributed by atoms with Crippen LogP contribution in [0.3, 0.4) is 0 Å². The molecule has 0 aromatic carbocycles. The highest BCUT2D eigenvalue weighted by atomic mass is 19.4. The van der Waals surface area contributed by atoms with Crippen LogP contribution >= 0.6 is 0 Å². The third-order valence-corrected chi connectivity index (χ3v) is 3.79. The molecule has 1 saturated heterocycles. The summed E-state index contributed by atoms with van der Waals surface area (Å²) in [7, 11) is 0. The minimum atomic E-state index is -4.50. The molecule has 0 aromatic heterocycles. The van der Waals surface area contributed by atoms with Gasteiger partial charge in [-0.3, -0.25) is 9.69 Å². The van der Waals surface area contributed by atoms with Crippen LogP contribution in [0.5, 0.6) is 0 Å². The number of nitrogens with zero attached hydrogens (tertiary/aromatic N) is 1. The normalized spacial score (nSPS) is 32.2. The predicted octanol–water partition coefficient (Wildman–Crippen LogP) is 2.76. The Morgan fingerprint density at radius 3 is 2.39 bits per heavy atom. The summed E-state index contributed by atoms with van der Waals surface area (Å²) in [4.78, 5) is 12.0. The highest BCUT2D eigenvalue weighted by Gasteiger charge is 2.48. The number of aliphatic carboxylic acids is 1. The molecule has 4 unspecified atom stereocenters. The van der Waals surface area contributed by atoms with Crippen LogP contribution in [-0.4, -0.2) is 40.8 Å². The minimum Gasteiger partial charge on any atom is -0.481 e. The van der Waals surface area contributed by atoms with E-state index in [2.05, 4.69) is 0 Å². The lowest BCUT2D eigenvalue weighted by atomic mass is 9.84. The number of halogens is 3. The molecule has 0 amide bonds. The lowest BCUT2D eigenvalue weighted by Gasteiger charge is -2.45. The Bertz CT molecular complexity index is 306. The number of rotatable bonds is 3. The van der Waals surface area contributed by atoms with Gasteiger partial charge in [-0.2, -0.15) is 13.2 Å². The zero-order valence-corrected chi connectivity index (χ0v) is 10.9. The van der Waals surface area contributed by atoms with Crippen LogP contribution in [-0.2, 0) is 4.79 Å². The van der Waals surface area contributed by atoms with Gasteiger partial charge in [-0.05, 0) is 25.2 Å². The molecule has 0 aliphatic carbocycles. The van der Waals surface area contributed by atoms with Crippen LogP contribution in [0.1, 0.15) is 33.6 Å². The average molecular weight is 267 g/mol.